The largest absolute Gasteiger partial charge is 0.486 e. The summed E-state index contributed by atoms with van der Waals surface area (Å²) in [6, 6.07) is 8.97. The number of thiophene rings is 1. The Bertz CT molecular complexity index is 606. The van der Waals surface area contributed by atoms with E-state index in [1.165, 1.54) is 11.3 Å². The van der Waals surface area contributed by atoms with E-state index in [1.807, 2.05) is 12.1 Å². The molecule has 3 rings (SSSR count). The Balaban J connectivity index is 1.95. The molecule has 1 aromatic carbocycles. The van der Waals surface area contributed by atoms with Crippen LogP contribution in [0.3, 0.4) is 0 Å². The third-order valence-electron chi connectivity index (χ3n) is 2.60. The van der Waals surface area contributed by atoms with Gasteiger partial charge in [-0.15, -0.1) is 11.3 Å². The molecule has 0 fully saturated rings. The molecule has 1 aromatic heterocycles. The fraction of sp³-hybridized carbons (Fsp3) is 0.154. The second-order valence-electron chi connectivity index (χ2n) is 3.79. The number of carbonyl (C=O) groups excluding carboxylic acids is 1. The molecule has 0 radical (unpaired) electrons. The number of hydrogen-bond donors (Lipinski definition) is 0. The van der Waals surface area contributed by atoms with Gasteiger partial charge in [-0.2, -0.15) is 0 Å². The highest BCUT2D eigenvalue weighted by molar-refractivity contribution is 9.11. The molecule has 0 bridgehead atoms. The third kappa shape index (κ3) is 2.15. The third-order valence-corrected chi connectivity index (χ3v) is 4.22. The summed E-state index contributed by atoms with van der Waals surface area (Å²) in [5.41, 5.74) is 0.619. The monoisotopic (exact) mass is 324 g/mol. The van der Waals surface area contributed by atoms with Crippen LogP contribution in [0, 0.1) is 0 Å². The maximum Gasteiger partial charge on any atom is 0.203 e. The molecule has 92 valence electrons. The fourth-order valence-corrected chi connectivity index (χ4v) is 3.11. The predicted molar refractivity (Wildman–Crippen MR) is 72.9 cm³/mol. The van der Waals surface area contributed by atoms with Crippen LogP contribution < -0.4 is 9.47 Å². The van der Waals surface area contributed by atoms with Crippen LogP contribution in [0.1, 0.15) is 15.2 Å². The van der Waals surface area contributed by atoms with Crippen molar-refractivity contribution in [2.45, 2.75) is 0 Å². The fourth-order valence-electron chi connectivity index (χ4n) is 1.76. The van der Waals surface area contributed by atoms with E-state index in [0.717, 1.165) is 3.79 Å². The number of halogens is 1. The van der Waals surface area contributed by atoms with Crippen molar-refractivity contribution in [2.75, 3.05) is 13.2 Å². The van der Waals surface area contributed by atoms with Gasteiger partial charge < -0.3 is 9.47 Å². The summed E-state index contributed by atoms with van der Waals surface area (Å²) in [5, 5.41) is 0. The van der Waals surface area contributed by atoms with E-state index in [-0.39, 0.29) is 5.78 Å². The highest BCUT2D eigenvalue weighted by atomic mass is 79.9. The molecule has 3 nitrogen and oxygen atoms in total. The Morgan fingerprint density at radius 1 is 1.11 bits per heavy atom. The molecule has 0 spiro atoms. The average molecular weight is 325 g/mol. The second-order valence-corrected chi connectivity index (χ2v) is 6.25. The highest BCUT2D eigenvalue weighted by Crippen LogP contribution is 2.32. The molecule has 2 heterocycles. The second kappa shape index (κ2) is 4.74. The van der Waals surface area contributed by atoms with Crippen molar-refractivity contribution in [3.63, 3.8) is 0 Å². The van der Waals surface area contributed by atoms with E-state index in [9.17, 15) is 4.79 Å². The molecule has 2 aromatic rings. The minimum absolute atomic E-state index is 0.00248. The normalized spacial score (nSPS) is 13.4. The van der Waals surface area contributed by atoms with Crippen molar-refractivity contribution >= 4 is 33.0 Å². The maximum absolute atomic E-state index is 12.2. The Morgan fingerprint density at radius 2 is 1.89 bits per heavy atom. The van der Waals surface area contributed by atoms with E-state index < -0.39 is 0 Å². The van der Waals surface area contributed by atoms with Crippen molar-refractivity contribution < 1.29 is 14.3 Å². The molecule has 0 N–H and O–H groups in total. The molecule has 18 heavy (non-hydrogen) atoms. The van der Waals surface area contributed by atoms with Gasteiger partial charge in [0.05, 0.1) is 8.66 Å². The SMILES string of the molecule is O=C(c1ccc2c(c1)OCCO2)c1ccc(Br)s1. The zero-order valence-electron chi connectivity index (χ0n) is 9.31. The van der Waals surface area contributed by atoms with E-state index in [1.54, 1.807) is 18.2 Å². The Labute approximate surface area is 116 Å². The van der Waals surface area contributed by atoms with Gasteiger partial charge in [-0.1, -0.05) is 0 Å². The lowest BCUT2D eigenvalue weighted by atomic mass is 10.1. The summed E-state index contributed by atoms with van der Waals surface area (Å²) >= 11 is 4.78. The Morgan fingerprint density at radius 3 is 2.61 bits per heavy atom. The van der Waals surface area contributed by atoms with Crippen molar-refractivity contribution in [3.05, 3.63) is 44.6 Å². The summed E-state index contributed by atoms with van der Waals surface area (Å²) in [7, 11) is 0. The number of rotatable bonds is 2. The molecule has 1 aliphatic heterocycles. The van der Waals surface area contributed by atoms with Gasteiger partial charge in [-0.25, -0.2) is 0 Å². The van der Waals surface area contributed by atoms with Crippen LogP contribution in [0.2, 0.25) is 0 Å². The van der Waals surface area contributed by atoms with Gasteiger partial charge in [-0.3, -0.25) is 4.79 Å². The Hall–Kier alpha value is -1.33. The van der Waals surface area contributed by atoms with Crippen molar-refractivity contribution in [1.29, 1.82) is 0 Å². The molecule has 0 saturated carbocycles. The smallest absolute Gasteiger partial charge is 0.203 e. The van der Waals surface area contributed by atoms with Crippen LogP contribution in [0.15, 0.2) is 34.1 Å². The molecule has 0 amide bonds. The quantitative estimate of drug-likeness (QED) is 0.793. The van der Waals surface area contributed by atoms with Crippen LogP contribution in [0.25, 0.3) is 0 Å². The standard InChI is InChI=1S/C13H9BrO3S/c14-12-4-3-11(18-12)13(15)8-1-2-9-10(7-8)17-6-5-16-9/h1-4,7H,5-6H2. The number of hydrogen-bond acceptors (Lipinski definition) is 4. The first-order valence-corrected chi connectivity index (χ1v) is 7.05. The van der Waals surface area contributed by atoms with Crippen LogP contribution >= 0.6 is 27.3 Å². The zero-order chi connectivity index (χ0) is 12.5. The number of ketones is 1. The van der Waals surface area contributed by atoms with E-state index in [4.69, 9.17) is 9.47 Å². The summed E-state index contributed by atoms with van der Waals surface area (Å²) in [6.45, 7) is 1.08. The lowest BCUT2D eigenvalue weighted by Crippen LogP contribution is -2.15. The lowest BCUT2D eigenvalue weighted by molar-refractivity contribution is 0.104. The molecule has 5 heteroatoms. The number of fused-ring (bicyclic) bond motifs is 1. The van der Waals surface area contributed by atoms with Gasteiger partial charge in [-0.05, 0) is 46.3 Å². The van der Waals surface area contributed by atoms with Crippen molar-refractivity contribution in [1.82, 2.24) is 0 Å². The van der Waals surface area contributed by atoms with E-state index in [2.05, 4.69) is 15.9 Å². The van der Waals surface area contributed by atoms with Gasteiger partial charge in [0, 0.05) is 5.56 Å². The number of carbonyl (C=O) groups is 1. The van der Waals surface area contributed by atoms with E-state index in [0.29, 0.717) is 35.2 Å². The first kappa shape index (κ1) is 11.7. The number of ether oxygens (including phenoxy) is 2. The molecular formula is C13H9BrO3S. The predicted octanol–water partition coefficient (Wildman–Crippen LogP) is 3.51. The average Bonchev–Trinajstić information content (AvgIpc) is 2.84. The van der Waals surface area contributed by atoms with Gasteiger partial charge in [0.25, 0.3) is 0 Å². The van der Waals surface area contributed by atoms with Crippen LogP contribution in [0.4, 0.5) is 0 Å². The van der Waals surface area contributed by atoms with Crippen LogP contribution in [0.5, 0.6) is 11.5 Å². The molecule has 0 unspecified atom stereocenters. The summed E-state index contributed by atoms with van der Waals surface area (Å²) in [4.78, 5) is 12.9. The van der Waals surface area contributed by atoms with Gasteiger partial charge in [0.2, 0.25) is 5.78 Å². The molecule has 1 aliphatic rings. The topological polar surface area (TPSA) is 35.5 Å². The summed E-state index contributed by atoms with van der Waals surface area (Å²) in [5.74, 6) is 1.34. The van der Waals surface area contributed by atoms with Crippen molar-refractivity contribution in [2.24, 2.45) is 0 Å². The minimum atomic E-state index is 0.00248. The highest BCUT2D eigenvalue weighted by Gasteiger charge is 2.17. The zero-order valence-corrected chi connectivity index (χ0v) is 11.7. The first-order chi connectivity index (χ1) is 8.74. The number of benzene rings is 1. The summed E-state index contributed by atoms with van der Waals surface area (Å²) < 4.78 is 11.8. The minimum Gasteiger partial charge on any atom is -0.486 e. The van der Waals surface area contributed by atoms with Gasteiger partial charge in [0.15, 0.2) is 11.5 Å². The lowest BCUT2D eigenvalue weighted by Gasteiger charge is -2.18. The van der Waals surface area contributed by atoms with Gasteiger partial charge >= 0.3 is 0 Å². The molecule has 0 saturated heterocycles. The molecular weight excluding hydrogens is 316 g/mol. The Kier molecular flexibility index (Phi) is 3.09. The van der Waals surface area contributed by atoms with Crippen LogP contribution in [-0.4, -0.2) is 19.0 Å². The molecule has 0 atom stereocenters. The van der Waals surface area contributed by atoms with Crippen molar-refractivity contribution in [3.8, 4) is 11.5 Å². The van der Waals surface area contributed by atoms with E-state index >= 15 is 0 Å². The summed E-state index contributed by atoms with van der Waals surface area (Å²) in [6.07, 6.45) is 0. The maximum atomic E-state index is 12.2. The first-order valence-electron chi connectivity index (χ1n) is 5.44. The molecule has 0 aliphatic carbocycles. The van der Waals surface area contributed by atoms with Crippen LogP contribution in [-0.2, 0) is 0 Å². The van der Waals surface area contributed by atoms with Gasteiger partial charge in [0.1, 0.15) is 13.2 Å².